The molecule has 2 aromatic rings. The number of nitrogens with two attached hydrogens (primary N) is 3. The average Bonchev–Trinajstić information content (AvgIpc) is 3.78. The topological polar surface area (TPSA) is 360 Å². The largest absolute Gasteiger partial charge is 0.508 e. The highest BCUT2D eigenvalue weighted by Crippen LogP contribution is 2.26. The van der Waals surface area contributed by atoms with Crippen LogP contribution in [-0.4, -0.2) is 141 Å². The number of hydrogen-bond acceptors (Lipinski definition) is 13. The third kappa shape index (κ3) is 17.3. The zero-order valence-corrected chi connectivity index (χ0v) is 39.4. The van der Waals surface area contributed by atoms with Crippen molar-refractivity contribution in [1.82, 2.24) is 36.8 Å². The molecule has 0 bridgehead atoms. The van der Waals surface area contributed by atoms with E-state index in [1.54, 1.807) is 56.3 Å². The number of benzene rings is 2. The highest BCUT2D eigenvalue weighted by atomic mass is 33.1. The number of hydrogen-bond donors (Lipinski definition) is 11. The lowest BCUT2D eigenvalue weighted by atomic mass is 9.99. The van der Waals surface area contributed by atoms with E-state index in [2.05, 4.69) is 36.9 Å². The summed E-state index contributed by atoms with van der Waals surface area (Å²) in [6.07, 6.45) is -0.112. The Bertz CT molecular complexity index is 2150. The van der Waals surface area contributed by atoms with E-state index in [9.17, 15) is 53.4 Å². The molecule has 4 rings (SSSR count). The molecule has 0 aromatic heterocycles. The monoisotopic (exact) mass is 983 g/mol. The van der Waals surface area contributed by atoms with Crippen LogP contribution < -0.4 is 49.1 Å². The number of carboxylic acids is 1. The van der Waals surface area contributed by atoms with E-state index >= 15 is 0 Å². The second kappa shape index (κ2) is 26.7. The minimum Gasteiger partial charge on any atom is -0.508 e. The number of nitrogens with zero attached hydrogens (tertiary/aromatic N) is 2. The normalized spacial score (nSPS) is 22.9. The number of aliphatic imine (C=N–C) groups is 1. The second-order valence-electron chi connectivity index (χ2n) is 16.7. The molecule has 2 aliphatic heterocycles. The molecule has 0 saturated carbocycles. The van der Waals surface area contributed by atoms with Gasteiger partial charge in [0.25, 0.3) is 0 Å². The van der Waals surface area contributed by atoms with Gasteiger partial charge < -0.3 is 64.2 Å². The van der Waals surface area contributed by atoms with Crippen molar-refractivity contribution in [3.63, 3.8) is 0 Å². The lowest BCUT2D eigenvalue weighted by Crippen LogP contribution is -2.61. The molecule has 2 saturated heterocycles. The first-order chi connectivity index (χ1) is 32.3. The van der Waals surface area contributed by atoms with Crippen molar-refractivity contribution in [2.75, 3.05) is 24.6 Å². The van der Waals surface area contributed by atoms with Crippen LogP contribution in [0.15, 0.2) is 59.6 Å². The molecular weight excluding hydrogens is 923 g/mol. The Labute approximate surface area is 401 Å². The number of guanidine groups is 1. The molecule has 2 fully saturated rings. The van der Waals surface area contributed by atoms with Crippen molar-refractivity contribution < 1.29 is 53.4 Å². The van der Waals surface area contributed by atoms with Gasteiger partial charge in [-0.25, -0.2) is 4.79 Å². The maximum absolute atomic E-state index is 14.4. The van der Waals surface area contributed by atoms with Gasteiger partial charge in [-0.1, -0.05) is 77.9 Å². The van der Waals surface area contributed by atoms with E-state index in [4.69, 9.17) is 17.2 Å². The summed E-state index contributed by atoms with van der Waals surface area (Å²) in [7, 11) is 2.27. The predicted molar refractivity (Wildman–Crippen MR) is 254 cm³/mol. The van der Waals surface area contributed by atoms with Crippen molar-refractivity contribution in [2.45, 2.75) is 108 Å². The molecule has 0 spiro atoms. The Morgan fingerprint density at radius 2 is 1.43 bits per heavy atom. The van der Waals surface area contributed by atoms with Gasteiger partial charge in [0.2, 0.25) is 47.3 Å². The van der Waals surface area contributed by atoms with Crippen LogP contribution in [0.5, 0.6) is 5.75 Å². The SMILES string of the molecule is CC(C)[C@@H]1NC(=O)[C@H](Cc2ccccc2)NC(=O)[C@@H](Cc2ccc(O)cc2)NC(=O)CCSSC[C@@H](C(=O)N2CCC[C@@H]2C(=O)N[C@@H](CCCN=C(N)N)C(=O)O)NC(=O)[C@H](CC(N)=O)NC1=O. The molecule has 2 aromatic carbocycles. The molecule has 8 amide bonds. The lowest BCUT2D eigenvalue weighted by Gasteiger charge is -2.31. The fourth-order valence-electron chi connectivity index (χ4n) is 7.42. The van der Waals surface area contributed by atoms with Gasteiger partial charge >= 0.3 is 5.97 Å². The van der Waals surface area contributed by atoms with Crippen molar-refractivity contribution in [3.05, 3.63) is 65.7 Å². The highest BCUT2D eigenvalue weighted by molar-refractivity contribution is 8.76. The van der Waals surface area contributed by atoms with Gasteiger partial charge in [-0.2, -0.15) is 0 Å². The van der Waals surface area contributed by atoms with Crippen molar-refractivity contribution in [1.29, 1.82) is 0 Å². The van der Waals surface area contributed by atoms with Crippen LogP contribution in [-0.2, 0) is 56.0 Å². The third-order valence-corrected chi connectivity index (χ3v) is 13.4. The molecule has 0 unspecified atom stereocenters. The van der Waals surface area contributed by atoms with Crippen LogP contribution in [0.3, 0.4) is 0 Å². The van der Waals surface area contributed by atoms with Crippen LogP contribution in [0.2, 0.25) is 0 Å². The average molecular weight is 984 g/mol. The van der Waals surface area contributed by atoms with Gasteiger partial charge in [0.05, 0.1) is 6.42 Å². The number of carbonyl (C=O) groups is 9. The van der Waals surface area contributed by atoms with Gasteiger partial charge in [-0.15, -0.1) is 0 Å². The fraction of sp³-hybridized carbons (Fsp3) is 0.500. The van der Waals surface area contributed by atoms with Crippen molar-refractivity contribution in [2.24, 2.45) is 28.1 Å². The summed E-state index contributed by atoms with van der Waals surface area (Å²) in [6.45, 7) is 3.44. The van der Waals surface area contributed by atoms with Gasteiger partial charge in [-0.05, 0) is 54.9 Å². The smallest absolute Gasteiger partial charge is 0.326 e. The molecule has 68 heavy (non-hydrogen) atoms. The standard InChI is InChI=1S/C44H61N11O11S2/c1-24(2)36-41(63)52-31(22-34(45)57)38(60)53-32(42(64)55-18-7-11-33(55)40(62)50-28(43(65)66)10-6-17-48-44(46)47)23-68-67-19-16-35(58)49-29(21-26-12-14-27(56)15-13-26)37(59)51-30(39(61)54-36)20-25-8-4-3-5-9-25/h3-5,8-9,12-15,24,28-33,36,56H,6-7,10-11,16-23H2,1-2H3,(H2,45,57)(H,49,58)(H,50,62)(H,51,59)(H,52,63)(H,53,60)(H,54,61)(H,65,66)(H4,46,47,48)/t28-,29+,30-,31-,32-,33+,36-/m0/s1. The molecule has 24 heteroatoms. The third-order valence-electron chi connectivity index (χ3n) is 11.0. The summed E-state index contributed by atoms with van der Waals surface area (Å²) in [4.78, 5) is 127. The summed E-state index contributed by atoms with van der Waals surface area (Å²) < 4.78 is 0. The lowest BCUT2D eigenvalue weighted by molar-refractivity contribution is -0.145. The Hall–Kier alpha value is -6.56. The quantitative estimate of drug-likeness (QED) is 0.0420. The minimum atomic E-state index is -1.64. The molecule has 0 radical (unpaired) electrons. The van der Waals surface area contributed by atoms with E-state index in [-0.39, 0.29) is 74.8 Å². The van der Waals surface area contributed by atoms with Gasteiger partial charge in [-0.3, -0.25) is 43.3 Å². The zero-order chi connectivity index (χ0) is 49.9. The predicted octanol–water partition coefficient (Wildman–Crippen LogP) is -1.47. The number of nitrogens with one attached hydrogen (secondary N) is 6. The molecule has 2 heterocycles. The van der Waals surface area contributed by atoms with E-state index in [1.807, 2.05) is 0 Å². The molecule has 7 atom stereocenters. The number of amides is 8. The molecule has 14 N–H and O–H groups in total. The number of likely N-dealkylation sites (tertiary alicyclic amines) is 1. The maximum Gasteiger partial charge on any atom is 0.326 e. The first kappa shape index (κ1) is 54.0. The summed E-state index contributed by atoms with van der Waals surface area (Å²) in [5.74, 6) is -8.41. The Morgan fingerprint density at radius 1 is 0.809 bits per heavy atom. The van der Waals surface area contributed by atoms with Crippen LogP contribution in [0.25, 0.3) is 0 Å². The number of carbonyl (C=O) groups excluding carboxylic acids is 8. The van der Waals surface area contributed by atoms with E-state index in [0.717, 1.165) is 10.8 Å². The number of carboxylic acid groups (broad SMARTS) is 1. The maximum atomic E-state index is 14.4. The number of aliphatic carboxylic acids is 1. The molecule has 370 valence electrons. The molecule has 22 nitrogen and oxygen atoms in total. The first-order valence-electron chi connectivity index (χ1n) is 22.1. The molecule has 2 aliphatic rings. The number of phenols is 1. The Balaban J connectivity index is 1.65. The van der Waals surface area contributed by atoms with Crippen LogP contribution in [0.1, 0.15) is 63.5 Å². The van der Waals surface area contributed by atoms with E-state index in [0.29, 0.717) is 17.5 Å². The summed E-state index contributed by atoms with van der Waals surface area (Å²) in [5.41, 5.74) is 17.5. The van der Waals surface area contributed by atoms with E-state index < -0.39 is 108 Å². The van der Waals surface area contributed by atoms with Crippen LogP contribution in [0.4, 0.5) is 0 Å². The number of primary amides is 1. The van der Waals surface area contributed by atoms with Gasteiger partial charge in [0, 0.05) is 43.9 Å². The second-order valence-corrected chi connectivity index (χ2v) is 19.3. The summed E-state index contributed by atoms with van der Waals surface area (Å²) in [5, 5.41) is 35.5. The zero-order valence-electron chi connectivity index (χ0n) is 37.8. The number of rotatable bonds is 15. The number of aromatic hydroxyl groups is 1. The van der Waals surface area contributed by atoms with Gasteiger partial charge in [0.15, 0.2) is 5.96 Å². The van der Waals surface area contributed by atoms with Crippen LogP contribution in [0, 0.1) is 5.92 Å². The van der Waals surface area contributed by atoms with E-state index in [1.165, 1.54) is 27.8 Å². The van der Waals surface area contributed by atoms with Crippen molar-refractivity contribution >= 4 is 80.8 Å². The minimum absolute atomic E-state index is 0.0103. The molecule has 0 aliphatic carbocycles. The Morgan fingerprint density at radius 3 is 2.06 bits per heavy atom. The summed E-state index contributed by atoms with van der Waals surface area (Å²) >= 11 is 0. The van der Waals surface area contributed by atoms with Crippen molar-refractivity contribution in [3.8, 4) is 5.75 Å². The fourth-order valence-corrected chi connectivity index (χ4v) is 9.57. The van der Waals surface area contributed by atoms with Gasteiger partial charge in [0.1, 0.15) is 48.0 Å². The first-order valence-corrected chi connectivity index (χ1v) is 24.6. The highest BCUT2D eigenvalue weighted by Gasteiger charge is 2.40. The summed E-state index contributed by atoms with van der Waals surface area (Å²) in [6, 6.07) is 5.50. The molecular formula is C44H61N11O11S2. The Kier molecular flexibility index (Phi) is 21.2. The van der Waals surface area contributed by atoms with Crippen LogP contribution >= 0.6 is 21.6 Å². The number of phenolic OH excluding ortho intramolecular Hbond substituents is 1.